The van der Waals surface area contributed by atoms with E-state index in [1.165, 1.54) is 0 Å². The minimum atomic E-state index is -0.454. The van der Waals surface area contributed by atoms with E-state index in [4.69, 9.17) is 31.0 Å². The molecule has 0 aliphatic carbocycles. The Morgan fingerprint density at radius 3 is 1.98 bits per heavy atom. The van der Waals surface area contributed by atoms with Gasteiger partial charge in [-0.2, -0.15) is 0 Å². The van der Waals surface area contributed by atoms with Crippen molar-refractivity contribution in [1.29, 1.82) is 0 Å². The lowest BCUT2D eigenvalue weighted by Crippen LogP contribution is -2.66. The molecule has 0 unspecified atom stereocenters. The van der Waals surface area contributed by atoms with Crippen molar-refractivity contribution in [3.05, 3.63) is 76.3 Å². The normalized spacial score (nSPS) is 19.2. The van der Waals surface area contributed by atoms with Crippen molar-refractivity contribution in [3.63, 3.8) is 0 Å². The molecular formula is C38H39ClFN7O4. The van der Waals surface area contributed by atoms with E-state index in [0.717, 1.165) is 50.1 Å². The van der Waals surface area contributed by atoms with E-state index in [-0.39, 0.29) is 22.9 Å². The number of halogens is 2. The average molecular weight is 712 g/mol. The summed E-state index contributed by atoms with van der Waals surface area (Å²) in [5.74, 6) is 0.600. The van der Waals surface area contributed by atoms with E-state index in [1.807, 2.05) is 25.1 Å². The van der Waals surface area contributed by atoms with Crippen molar-refractivity contribution in [2.24, 2.45) is 0 Å². The van der Waals surface area contributed by atoms with Gasteiger partial charge in [0.05, 0.1) is 47.9 Å². The molecule has 4 aromatic rings. The zero-order valence-electron chi connectivity index (χ0n) is 28.8. The first-order valence-corrected chi connectivity index (χ1v) is 17.6. The van der Waals surface area contributed by atoms with Crippen LogP contribution in [0.2, 0.25) is 5.02 Å². The molecule has 0 bridgehead atoms. The SMILES string of the molecule is COc1nc(-c2cccc(-c3cccc(-c4cc(C)c(CN5CC6(CCC(=O)N6)C5)c(OC)n4)c3F)c2Cl)cnc1CN1CC2(CCC(=O)N2)C1. The van der Waals surface area contributed by atoms with Gasteiger partial charge in [0.1, 0.15) is 11.5 Å². The Morgan fingerprint density at radius 1 is 0.804 bits per heavy atom. The molecule has 2 N–H and O–H groups in total. The Balaban J connectivity index is 1.03. The van der Waals surface area contributed by atoms with Gasteiger partial charge >= 0.3 is 0 Å². The molecule has 2 spiro atoms. The fourth-order valence-corrected chi connectivity index (χ4v) is 8.47. The van der Waals surface area contributed by atoms with Crippen LogP contribution in [-0.2, 0) is 22.7 Å². The number of carbonyl (C=O) groups is 2. The lowest BCUT2D eigenvalue weighted by molar-refractivity contribution is -0.121. The lowest BCUT2D eigenvalue weighted by Gasteiger charge is -2.48. The first kappa shape index (κ1) is 33.5. The van der Waals surface area contributed by atoms with Gasteiger partial charge in [0.25, 0.3) is 0 Å². The van der Waals surface area contributed by atoms with Crippen LogP contribution >= 0.6 is 11.6 Å². The highest BCUT2D eigenvalue weighted by molar-refractivity contribution is 6.36. The summed E-state index contributed by atoms with van der Waals surface area (Å²) in [6.45, 7) is 6.23. The number of hydrogen-bond acceptors (Lipinski definition) is 9. The third kappa shape index (κ3) is 6.08. The highest BCUT2D eigenvalue weighted by atomic mass is 35.5. The molecule has 2 aromatic carbocycles. The van der Waals surface area contributed by atoms with Gasteiger partial charge in [-0.1, -0.05) is 41.9 Å². The number of aryl methyl sites for hydroxylation is 1. The number of nitrogens with zero attached hydrogens (tertiary/aromatic N) is 5. The predicted octanol–water partition coefficient (Wildman–Crippen LogP) is 4.92. The fourth-order valence-electron chi connectivity index (χ4n) is 8.14. The lowest BCUT2D eigenvalue weighted by atomic mass is 9.87. The van der Waals surface area contributed by atoms with Crippen molar-refractivity contribution in [1.82, 2.24) is 35.4 Å². The summed E-state index contributed by atoms with van der Waals surface area (Å²) in [4.78, 5) is 42.2. The van der Waals surface area contributed by atoms with Gasteiger partial charge in [0.15, 0.2) is 0 Å². The number of ether oxygens (including phenoxy) is 2. The first-order valence-electron chi connectivity index (χ1n) is 17.2. The summed E-state index contributed by atoms with van der Waals surface area (Å²) >= 11 is 7.01. The summed E-state index contributed by atoms with van der Waals surface area (Å²) in [5, 5.41) is 6.56. The van der Waals surface area contributed by atoms with E-state index in [9.17, 15) is 9.59 Å². The maximum absolute atomic E-state index is 16.5. The molecule has 0 radical (unpaired) electrons. The van der Waals surface area contributed by atoms with E-state index < -0.39 is 5.82 Å². The molecule has 2 amide bonds. The smallest absolute Gasteiger partial charge is 0.237 e. The Kier molecular flexibility index (Phi) is 8.43. The molecule has 11 nitrogen and oxygen atoms in total. The van der Waals surface area contributed by atoms with Crippen LogP contribution in [0, 0.1) is 12.7 Å². The van der Waals surface area contributed by atoms with Gasteiger partial charge in [-0.3, -0.25) is 24.4 Å². The summed E-state index contributed by atoms with van der Waals surface area (Å²) in [7, 11) is 3.13. The average Bonchev–Trinajstić information content (AvgIpc) is 3.68. The molecular weight excluding hydrogens is 673 g/mol. The summed E-state index contributed by atoms with van der Waals surface area (Å²) in [6.07, 6.45) is 4.51. The molecule has 13 heteroatoms. The van der Waals surface area contributed by atoms with Crippen LogP contribution in [0.4, 0.5) is 4.39 Å². The van der Waals surface area contributed by atoms with Crippen molar-refractivity contribution in [2.75, 3.05) is 40.4 Å². The monoisotopic (exact) mass is 711 g/mol. The minimum Gasteiger partial charge on any atom is -0.481 e. The highest BCUT2D eigenvalue weighted by Crippen LogP contribution is 2.41. The third-order valence-corrected chi connectivity index (χ3v) is 11.1. The van der Waals surface area contributed by atoms with Gasteiger partial charge in [-0.25, -0.2) is 14.4 Å². The van der Waals surface area contributed by atoms with Crippen LogP contribution in [0.15, 0.2) is 48.7 Å². The fraction of sp³-hybridized carbons (Fsp3) is 0.395. The molecule has 2 aromatic heterocycles. The second-order valence-electron chi connectivity index (χ2n) is 14.3. The number of benzene rings is 2. The number of rotatable bonds is 9. The molecule has 6 heterocycles. The molecule has 4 fully saturated rings. The maximum atomic E-state index is 16.5. The second-order valence-corrected chi connectivity index (χ2v) is 14.7. The van der Waals surface area contributed by atoms with Gasteiger partial charge in [0.2, 0.25) is 23.6 Å². The Morgan fingerprint density at radius 2 is 1.37 bits per heavy atom. The van der Waals surface area contributed by atoms with E-state index >= 15 is 4.39 Å². The van der Waals surface area contributed by atoms with E-state index in [1.54, 1.807) is 44.7 Å². The Labute approximate surface area is 300 Å². The van der Waals surface area contributed by atoms with Crippen LogP contribution in [0.25, 0.3) is 33.6 Å². The third-order valence-electron chi connectivity index (χ3n) is 10.7. The standard InChI is InChI=1S/C38H39ClFN7O4/c1-22-14-28(42-35(50-2)27(22)16-46-18-37(19-46)12-10-31(48)44-37)26-9-5-7-24(34(26)40)23-6-4-8-25(33(23)39)29-15-41-30(36(43-29)51-3)17-47-20-38(21-47)13-11-32(49)45-38/h4-9,14-15H,10-13,16-21H2,1-3H3,(H,44,48)(H,45,49). The van der Waals surface area contributed by atoms with Gasteiger partial charge in [-0.15, -0.1) is 0 Å². The number of amides is 2. The minimum absolute atomic E-state index is 0.109. The Bertz CT molecular complexity index is 2060. The molecule has 4 aliphatic rings. The van der Waals surface area contributed by atoms with Crippen LogP contribution in [0.1, 0.15) is 42.5 Å². The van der Waals surface area contributed by atoms with Crippen LogP contribution in [-0.4, -0.2) is 88.0 Å². The van der Waals surface area contributed by atoms with E-state index in [2.05, 4.69) is 25.4 Å². The van der Waals surface area contributed by atoms with Crippen molar-refractivity contribution in [2.45, 2.75) is 56.8 Å². The maximum Gasteiger partial charge on any atom is 0.237 e. The van der Waals surface area contributed by atoms with Crippen molar-refractivity contribution in [3.8, 4) is 45.4 Å². The number of pyridine rings is 1. The molecule has 4 saturated heterocycles. The largest absolute Gasteiger partial charge is 0.481 e. The Hall–Kier alpha value is -4.65. The number of carbonyl (C=O) groups excluding carboxylic acids is 2. The number of nitrogens with one attached hydrogen (secondary N) is 2. The van der Waals surface area contributed by atoms with E-state index in [0.29, 0.717) is 82.0 Å². The quantitative estimate of drug-likeness (QED) is 0.249. The molecule has 8 rings (SSSR count). The summed E-state index contributed by atoms with van der Waals surface area (Å²) in [5.41, 5.74) is 5.03. The number of hydrogen-bond donors (Lipinski definition) is 2. The number of likely N-dealkylation sites (tertiary alicyclic amines) is 2. The first-order chi connectivity index (χ1) is 24.6. The van der Waals surface area contributed by atoms with Crippen molar-refractivity contribution < 1.29 is 23.5 Å². The van der Waals surface area contributed by atoms with Gasteiger partial charge in [0, 0.05) is 79.9 Å². The molecule has 51 heavy (non-hydrogen) atoms. The van der Waals surface area contributed by atoms with Crippen LogP contribution in [0.3, 0.4) is 0 Å². The molecule has 4 aliphatic heterocycles. The van der Waals surface area contributed by atoms with Gasteiger partial charge < -0.3 is 20.1 Å². The predicted molar refractivity (Wildman–Crippen MR) is 190 cm³/mol. The zero-order chi connectivity index (χ0) is 35.5. The highest BCUT2D eigenvalue weighted by Gasteiger charge is 2.48. The summed E-state index contributed by atoms with van der Waals surface area (Å²) < 4.78 is 27.9. The molecule has 264 valence electrons. The number of methoxy groups -OCH3 is 2. The topological polar surface area (TPSA) is 122 Å². The zero-order valence-corrected chi connectivity index (χ0v) is 29.6. The molecule has 0 atom stereocenters. The number of aromatic nitrogens is 3. The second kappa shape index (κ2) is 12.8. The van der Waals surface area contributed by atoms with Crippen LogP contribution in [0.5, 0.6) is 11.8 Å². The summed E-state index contributed by atoms with van der Waals surface area (Å²) in [6, 6.07) is 12.5. The van der Waals surface area contributed by atoms with Crippen LogP contribution < -0.4 is 20.1 Å². The van der Waals surface area contributed by atoms with Gasteiger partial charge in [-0.05, 0) is 37.5 Å². The molecule has 0 saturated carbocycles. The van der Waals surface area contributed by atoms with Crippen molar-refractivity contribution >= 4 is 23.4 Å².